The van der Waals surface area contributed by atoms with Gasteiger partial charge in [-0.2, -0.15) is 0 Å². The van der Waals surface area contributed by atoms with Crippen LogP contribution >= 0.6 is 0 Å². The topological polar surface area (TPSA) is 85.1 Å². The highest BCUT2D eigenvalue weighted by atomic mass is 32.2. The Kier molecular flexibility index (Phi) is 3.67. The second kappa shape index (κ2) is 5.13. The molecule has 5 nitrogen and oxygen atoms in total. The molecule has 0 unspecified atom stereocenters. The maximum absolute atomic E-state index is 12.5. The van der Waals surface area contributed by atoms with Crippen LogP contribution in [0.1, 0.15) is 16.7 Å². The number of hydrogen-bond donors (Lipinski definition) is 2. The van der Waals surface area contributed by atoms with Crippen LogP contribution in [-0.2, 0) is 10.0 Å². The summed E-state index contributed by atoms with van der Waals surface area (Å²) in [7, 11) is -3.72. The van der Waals surface area contributed by atoms with E-state index in [0.717, 1.165) is 11.1 Å². The molecule has 1 aromatic heterocycles. The van der Waals surface area contributed by atoms with Gasteiger partial charge < -0.3 is 5.73 Å². The zero-order valence-electron chi connectivity index (χ0n) is 11.6. The summed E-state index contributed by atoms with van der Waals surface area (Å²) in [5.74, 6) is 0. The Hall–Kier alpha value is -2.08. The molecule has 0 amide bonds. The Morgan fingerprint density at radius 3 is 2.45 bits per heavy atom. The molecule has 3 N–H and O–H groups in total. The molecule has 0 radical (unpaired) electrons. The van der Waals surface area contributed by atoms with Crippen molar-refractivity contribution in [3.05, 3.63) is 47.3 Å². The van der Waals surface area contributed by atoms with Crippen molar-refractivity contribution in [3.63, 3.8) is 0 Å². The Morgan fingerprint density at radius 2 is 1.80 bits per heavy atom. The molecule has 0 saturated carbocycles. The minimum Gasteiger partial charge on any atom is -0.398 e. The first-order chi connectivity index (χ1) is 9.33. The number of nitrogens with two attached hydrogens (primary N) is 1. The largest absolute Gasteiger partial charge is 0.398 e. The Morgan fingerprint density at radius 1 is 1.10 bits per heavy atom. The molecule has 2 rings (SSSR count). The van der Waals surface area contributed by atoms with Gasteiger partial charge in [-0.25, -0.2) is 8.42 Å². The van der Waals surface area contributed by atoms with Crippen molar-refractivity contribution in [2.24, 2.45) is 0 Å². The van der Waals surface area contributed by atoms with Crippen LogP contribution in [0, 0.1) is 20.8 Å². The molecule has 6 heteroatoms. The number of pyridine rings is 1. The van der Waals surface area contributed by atoms with Gasteiger partial charge in [0.15, 0.2) is 0 Å². The fraction of sp³-hybridized carbons (Fsp3) is 0.214. The van der Waals surface area contributed by atoms with Gasteiger partial charge in [0.05, 0.1) is 11.4 Å². The first-order valence-electron chi connectivity index (χ1n) is 6.12. The summed E-state index contributed by atoms with van der Waals surface area (Å²) in [4.78, 5) is 4.07. The third kappa shape index (κ3) is 2.60. The average molecular weight is 291 g/mol. The molecule has 2 aromatic rings. The molecule has 1 heterocycles. The molecule has 106 valence electrons. The van der Waals surface area contributed by atoms with Crippen LogP contribution in [0.2, 0.25) is 0 Å². The Balaban J connectivity index is 2.52. The highest BCUT2D eigenvalue weighted by Gasteiger charge is 2.21. The number of aromatic nitrogens is 1. The van der Waals surface area contributed by atoms with Gasteiger partial charge in [-0.15, -0.1) is 0 Å². The van der Waals surface area contributed by atoms with Crippen molar-refractivity contribution < 1.29 is 8.42 Å². The minimum atomic E-state index is -3.72. The summed E-state index contributed by atoms with van der Waals surface area (Å²) in [6, 6.07) is 5.03. The van der Waals surface area contributed by atoms with Crippen molar-refractivity contribution in [1.29, 1.82) is 0 Å². The molecule has 0 spiro atoms. The number of rotatable bonds is 3. The second-order valence-corrected chi connectivity index (χ2v) is 6.34. The maximum Gasteiger partial charge on any atom is 0.264 e. The van der Waals surface area contributed by atoms with Gasteiger partial charge in [-0.1, -0.05) is 6.07 Å². The minimum absolute atomic E-state index is 0.133. The van der Waals surface area contributed by atoms with Gasteiger partial charge in [0.1, 0.15) is 4.90 Å². The molecule has 0 aliphatic carbocycles. The van der Waals surface area contributed by atoms with Gasteiger partial charge in [0.25, 0.3) is 10.0 Å². The zero-order valence-corrected chi connectivity index (χ0v) is 12.5. The monoisotopic (exact) mass is 291 g/mol. The summed E-state index contributed by atoms with van der Waals surface area (Å²) in [6.45, 7) is 5.39. The molecule has 0 bridgehead atoms. The van der Waals surface area contributed by atoms with Crippen molar-refractivity contribution in [2.45, 2.75) is 25.7 Å². The van der Waals surface area contributed by atoms with Crippen molar-refractivity contribution in [2.75, 3.05) is 10.5 Å². The van der Waals surface area contributed by atoms with Crippen molar-refractivity contribution in [1.82, 2.24) is 4.98 Å². The van der Waals surface area contributed by atoms with E-state index in [1.165, 1.54) is 6.20 Å². The van der Waals surface area contributed by atoms with Crippen LogP contribution in [0.25, 0.3) is 0 Å². The molecule has 0 aliphatic heterocycles. The van der Waals surface area contributed by atoms with Gasteiger partial charge in [-0.05, 0) is 49.6 Å². The fourth-order valence-electron chi connectivity index (χ4n) is 1.95. The summed E-state index contributed by atoms with van der Waals surface area (Å²) in [6.07, 6.45) is 3.14. The number of anilines is 2. The summed E-state index contributed by atoms with van der Waals surface area (Å²) in [5.41, 5.74) is 8.87. The van der Waals surface area contributed by atoms with Crippen molar-refractivity contribution in [3.8, 4) is 0 Å². The number of aryl methyl sites for hydroxylation is 2. The van der Waals surface area contributed by atoms with E-state index in [9.17, 15) is 8.42 Å². The number of hydrogen-bond acceptors (Lipinski definition) is 4. The van der Waals surface area contributed by atoms with E-state index in [-0.39, 0.29) is 10.6 Å². The number of sulfonamides is 1. The van der Waals surface area contributed by atoms with Crippen LogP contribution in [0.4, 0.5) is 11.4 Å². The Labute approximate surface area is 118 Å². The normalized spacial score (nSPS) is 11.3. The quantitative estimate of drug-likeness (QED) is 0.850. The van der Waals surface area contributed by atoms with Gasteiger partial charge >= 0.3 is 0 Å². The molecule has 1 aromatic carbocycles. The van der Waals surface area contributed by atoms with Crippen molar-refractivity contribution >= 4 is 21.4 Å². The predicted molar refractivity (Wildman–Crippen MR) is 80.1 cm³/mol. The molecule has 0 fully saturated rings. The van der Waals surface area contributed by atoms with Crippen LogP contribution in [0.5, 0.6) is 0 Å². The number of nitrogens with one attached hydrogen (secondary N) is 1. The molecule has 0 atom stereocenters. The highest BCUT2D eigenvalue weighted by molar-refractivity contribution is 7.93. The first kappa shape index (κ1) is 14.3. The predicted octanol–water partition coefficient (Wildman–Crippen LogP) is 2.39. The highest BCUT2D eigenvalue weighted by Crippen LogP contribution is 2.27. The van der Waals surface area contributed by atoms with E-state index in [0.29, 0.717) is 11.3 Å². The molecular weight excluding hydrogens is 274 g/mol. The van der Waals surface area contributed by atoms with E-state index in [1.807, 2.05) is 6.92 Å². The molecule has 0 aliphatic rings. The first-order valence-corrected chi connectivity index (χ1v) is 7.60. The van der Waals surface area contributed by atoms with Gasteiger partial charge in [0, 0.05) is 12.4 Å². The summed E-state index contributed by atoms with van der Waals surface area (Å²) < 4.78 is 27.6. The number of nitrogens with zero attached hydrogens (tertiary/aromatic N) is 1. The van der Waals surface area contributed by atoms with Crippen LogP contribution in [-0.4, -0.2) is 13.4 Å². The lowest BCUT2D eigenvalue weighted by atomic mass is 10.1. The molecule has 0 saturated heterocycles. The van der Waals surface area contributed by atoms with Crippen LogP contribution in [0.15, 0.2) is 35.5 Å². The third-order valence-electron chi connectivity index (χ3n) is 3.24. The second-order valence-electron chi connectivity index (χ2n) is 4.72. The number of benzene rings is 1. The standard InChI is InChI=1S/C14H17N3O2S/c1-9-4-5-12(15)14(11(9)3)20(18,19)17-13-6-7-16-8-10(13)2/h4-8H,15H2,1-3H3,(H,16,17). The molecule has 20 heavy (non-hydrogen) atoms. The lowest BCUT2D eigenvalue weighted by Crippen LogP contribution is -2.17. The van der Waals surface area contributed by atoms with Gasteiger partial charge in [0.2, 0.25) is 0 Å². The van der Waals surface area contributed by atoms with E-state index >= 15 is 0 Å². The molecular formula is C14H17N3O2S. The zero-order chi connectivity index (χ0) is 14.9. The van der Waals surface area contributed by atoms with E-state index in [4.69, 9.17) is 5.73 Å². The van der Waals surface area contributed by atoms with Gasteiger partial charge in [-0.3, -0.25) is 9.71 Å². The number of nitrogen functional groups attached to an aromatic ring is 1. The third-order valence-corrected chi connectivity index (χ3v) is 4.81. The fourth-order valence-corrected chi connectivity index (χ4v) is 3.51. The average Bonchev–Trinajstić information content (AvgIpc) is 2.37. The van der Waals surface area contributed by atoms with E-state index < -0.39 is 10.0 Å². The lowest BCUT2D eigenvalue weighted by molar-refractivity contribution is 0.601. The van der Waals surface area contributed by atoms with E-state index in [2.05, 4.69) is 9.71 Å². The SMILES string of the molecule is Cc1cnccc1NS(=O)(=O)c1c(N)ccc(C)c1C. The van der Waals surface area contributed by atoms with E-state index in [1.54, 1.807) is 38.2 Å². The lowest BCUT2D eigenvalue weighted by Gasteiger charge is -2.15. The van der Waals surface area contributed by atoms with Crippen LogP contribution < -0.4 is 10.5 Å². The smallest absolute Gasteiger partial charge is 0.264 e. The summed E-state index contributed by atoms with van der Waals surface area (Å²) in [5, 5.41) is 0. The van der Waals surface area contributed by atoms with Crippen LogP contribution in [0.3, 0.4) is 0 Å². The summed E-state index contributed by atoms with van der Waals surface area (Å²) >= 11 is 0. The Bertz CT molecular complexity index is 755. The maximum atomic E-state index is 12.5.